The molecule has 5 N–H and O–H groups in total. The molecule has 0 saturated carbocycles. The SMILES string of the molecule is NCC(=O)NC(CS(=O)(=O)O)C(=O)O. The minimum Gasteiger partial charge on any atom is -0.480 e. The van der Waals surface area contributed by atoms with Gasteiger partial charge in [0.2, 0.25) is 5.91 Å². The molecule has 8 nitrogen and oxygen atoms in total. The number of hydrogen-bond acceptors (Lipinski definition) is 5. The minimum atomic E-state index is -4.46. The fraction of sp³-hybridized carbons (Fsp3) is 0.600. The van der Waals surface area contributed by atoms with Crippen LogP contribution in [0.25, 0.3) is 0 Å². The summed E-state index contributed by atoms with van der Waals surface area (Å²) in [5.74, 6) is -3.47. The zero-order valence-corrected chi connectivity index (χ0v) is 7.82. The maximum absolute atomic E-state index is 10.6. The lowest BCUT2D eigenvalue weighted by molar-refractivity contribution is -0.141. The highest BCUT2D eigenvalue weighted by molar-refractivity contribution is 7.85. The molecule has 0 aliphatic rings. The third-order valence-corrected chi connectivity index (χ3v) is 1.95. The van der Waals surface area contributed by atoms with Crippen LogP contribution in [-0.4, -0.2) is 48.3 Å². The van der Waals surface area contributed by atoms with Crippen molar-refractivity contribution in [2.45, 2.75) is 6.04 Å². The molecular formula is C5H10N2O6S. The number of carboxylic acids is 1. The van der Waals surface area contributed by atoms with Crippen molar-refractivity contribution < 1.29 is 27.7 Å². The van der Waals surface area contributed by atoms with E-state index in [1.54, 1.807) is 0 Å². The molecule has 0 heterocycles. The molecule has 0 saturated heterocycles. The van der Waals surface area contributed by atoms with E-state index in [0.717, 1.165) is 0 Å². The molecule has 9 heteroatoms. The standard InChI is InChI=1S/C5H10N2O6S/c6-1-4(8)7-3(5(9)10)2-14(11,12)13/h3H,1-2,6H2,(H,7,8)(H,9,10)(H,11,12,13). The van der Waals surface area contributed by atoms with Gasteiger partial charge in [-0.25, -0.2) is 4.79 Å². The van der Waals surface area contributed by atoms with Gasteiger partial charge in [-0.1, -0.05) is 0 Å². The Balaban J connectivity index is 4.47. The average molecular weight is 226 g/mol. The minimum absolute atomic E-state index is 0.463. The van der Waals surface area contributed by atoms with E-state index in [0.29, 0.717) is 0 Å². The van der Waals surface area contributed by atoms with Crippen LogP contribution in [0.4, 0.5) is 0 Å². The van der Waals surface area contributed by atoms with Crippen molar-refractivity contribution >= 4 is 22.0 Å². The largest absolute Gasteiger partial charge is 0.480 e. The molecule has 1 unspecified atom stereocenters. The molecule has 0 aromatic heterocycles. The van der Waals surface area contributed by atoms with E-state index in [-0.39, 0.29) is 0 Å². The van der Waals surface area contributed by atoms with Gasteiger partial charge in [0.15, 0.2) is 0 Å². The van der Waals surface area contributed by atoms with E-state index in [1.807, 2.05) is 5.32 Å². The fourth-order valence-electron chi connectivity index (χ4n) is 0.639. The highest BCUT2D eigenvalue weighted by Gasteiger charge is 2.24. The molecule has 0 spiro atoms. The molecule has 1 amide bonds. The number of nitrogens with two attached hydrogens (primary N) is 1. The third-order valence-electron chi connectivity index (χ3n) is 1.20. The second kappa shape index (κ2) is 4.88. The summed E-state index contributed by atoms with van der Waals surface area (Å²) >= 11 is 0. The van der Waals surface area contributed by atoms with Crippen LogP contribution in [0.5, 0.6) is 0 Å². The molecule has 14 heavy (non-hydrogen) atoms. The van der Waals surface area contributed by atoms with E-state index in [9.17, 15) is 18.0 Å². The van der Waals surface area contributed by atoms with Gasteiger partial charge < -0.3 is 16.2 Å². The highest BCUT2D eigenvalue weighted by Crippen LogP contribution is 1.91. The summed E-state index contributed by atoms with van der Waals surface area (Å²) in [6.45, 7) is -0.463. The second-order valence-corrected chi connectivity index (χ2v) is 3.91. The van der Waals surface area contributed by atoms with Gasteiger partial charge in [0.05, 0.1) is 6.54 Å². The van der Waals surface area contributed by atoms with Crippen molar-refractivity contribution in [2.24, 2.45) is 5.73 Å². The maximum Gasteiger partial charge on any atom is 0.327 e. The van der Waals surface area contributed by atoms with Crippen molar-refractivity contribution in [3.8, 4) is 0 Å². The Morgan fingerprint density at radius 2 is 1.93 bits per heavy atom. The summed E-state index contributed by atoms with van der Waals surface area (Å²) in [7, 11) is -4.46. The lowest BCUT2D eigenvalue weighted by atomic mass is 10.3. The van der Waals surface area contributed by atoms with Gasteiger partial charge in [-0.2, -0.15) is 8.42 Å². The predicted molar refractivity (Wildman–Crippen MR) is 45.0 cm³/mol. The fourth-order valence-corrected chi connectivity index (χ4v) is 1.29. The Hall–Kier alpha value is -1.19. The quantitative estimate of drug-likeness (QED) is 0.376. The monoisotopic (exact) mass is 226 g/mol. The van der Waals surface area contributed by atoms with E-state index >= 15 is 0 Å². The summed E-state index contributed by atoms with van der Waals surface area (Å²) < 4.78 is 29.0. The van der Waals surface area contributed by atoms with Crippen LogP contribution < -0.4 is 11.1 Å². The van der Waals surface area contributed by atoms with Crippen molar-refractivity contribution in [1.82, 2.24) is 5.32 Å². The van der Waals surface area contributed by atoms with Gasteiger partial charge >= 0.3 is 5.97 Å². The molecule has 82 valence electrons. The molecule has 0 aromatic rings. The molecule has 0 rings (SSSR count). The topological polar surface area (TPSA) is 147 Å². The first-order chi connectivity index (χ1) is 6.26. The van der Waals surface area contributed by atoms with Crippen LogP contribution in [0.2, 0.25) is 0 Å². The van der Waals surface area contributed by atoms with Crippen molar-refractivity contribution in [3.05, 3.63) is 0 Å². The van der Waals surface area contributed by atoms with Crippen LogP contribution in [0, 0.1) is 0 Å². The zero-order chi connectivity index (χ0) is 11.4. The smallest absolute Gasteiger partial charge is 0.327 e. The van der Waals surface area contributed by atoms with Crippen molar-refractivity contribution in [2.75, 3.05) is 12.3 Å². The van der Waals surface area contributed by atoms with Crippen molar-refractivity contribution in [1.29, 1.82) is 0 Å². The summed E-state index contributed by atoms with van der Waals surface area (Å²) in [5.41, 5.74) is 4.87. The van der Waals surface area contributed by atoms with Gasteiger partial charge in [0, 0.05) is 0 Å². The first-order valence-corrected chi connectivity index (χ1v) is 5.04. The van der Waals surface area contributed by atoms with Crippen LogP contribution in [-0.2, 0) is 19.7 Å². The van der Waals surface area contributed by atoms with Gasteiger partial charge in [0.1, 0.15) is 11.8 Å². The molecule has 1 atom stereocenters. The lowest BCUT2D eigenvalue weighted by Crippen LogP contribution is -2.47. The van der Waals surface area contributed by atoms with Crippen LogP contribution in [0.15, 0.2) is 0 Å². The zero-order valence-electron chi connectivity index (χ0n) is 7.00. The van der Waals surface area contributed by atoms with Crippen LogP contribution >= 0.6 is 0 Å². The number of rotatable bonds is 5. The summed E-state index contributed by atoms with van der Waals surface area (Å²) in [4.78, 5) is 21.0. The van der Waals surface area contributed by atoms with E-state index in [2.05, 4.69) is 0 Å². The van der Waals surface area contributed by atoms with Gasteiger partial charge in [-0.05, 0) is 0 Å². The summed E-state index contributed by atoms with van der Waals surface area (Å²) in [6, 6.07) is -1.69. The van der Waals surface area contributed by atoms with Gasteiger partial charge in [-0.3, -0.25) is 9.35 Å². The normalized spacial score (nSPS) is 13.3. The van der Waals surface area contributed by atoms with E-state index in [1.165, 1.54) is 0 Å². The van der Waals surface area contributed by atoms with Gasteiger partial charge in [-0.15, -0.1) is 0 Å². The maximum atomic E-state index is 10.6. The Morgan fingerprint density at radius 1 is 1.43 bits per heavy atom. The number of amides is 1. The average Bonchev–Trinajstić information content (AvgIpc) is 2.00. The molecule has 0 fully saturated rings. The van der Waals surface area contributed by atoms with Crippen molar-refractivity contribution in [3.63, 3.8) is 0 Å². The molecule has 0 bridgehead atoms. The Morgan fingerprint density at radius 3 is 2.21 bits per heavy atom. The predicted octanol–water partition coefficient (Wildman–Crippen LogP) is -2.60. The third kappa shape index (κ3) is 5.45. The number of hydrogen-bond donors (Lipinski definition) is 4. The lowest BCUT2D eigenvalue weighted by Gasteiger charge is -2.11. The Bertz CT molecular complexity index is 323. The Labute approximate surface area is 79.8 Å². The number of aliphatic carboxylic acids is 1. The van der Waals surface area contributed by atoms with E-state index < -0.39 is 40.3 Å². The molecule has 0 aromatic carbocycles. The summed E-state index contributed by atoms with van der Waals surface area (Å²) in [6.07, 6.45) is 0. The summed E-state index contributed by atoms with van der Waals surface area (Å²) in [5, 5.41) is 10.3. The first-order valence-electron chi connectivity index (χ1n) is 3.43. The molecule has 0 aliphatic heterocycles. The van der Waals surface area contributed by atoms with Crippen LogP contribution in [0.3, 0.4) is 0 Å². The molecule has 0 aliphatic carbocycles. The number of carboxylic acid groups (broad SMARTS) is 1. The Kier molecular flexibility index (Phi) is 4.47. The van der Waals surface area contributed by atoms with E-state index in [4.69, 9.17) is 15.4 Å². The first kappa shape index (κ1) is 12.8. The second-order valence-electron chi connectivity index (χ2n) is 2.41. The molecular weight excluding hydrogens is 216 g/mol. The number of carbonyl (C=O) groups excluding carboxylic acids is 1. The van der Waals surface area contributed by atoms with Gasteiger partial charge in [0.25, 0.3) is 10.1 Å². The molecule has 0 radical (unpaired) electrons. The number of carbonyl (C=O) groups is 2. The highest BCUT2D eigenvalue weighted by atomic mass is 32.2. The number of nitrogens with one attached hydrogen (secondary N) is 1. The van der Waals surface area contributed by atoms with Crippen LogP contribution in [0.1, 0.15) is 0 Å².